The molecular formula is C19H24ClN5O2. The quantitative estimate of drug-likeness (QED) is 0.868. The molecule has 27 heavy (non-hydrogen) atoms. The Morgan fingerprint density at radius 3 is 2.81 bits per heavy atom. The van der Waals surface area contributed by atoms with Crippen molar-refractivity contribution in [3.05, 3.63) is 46.1 Å². The standard InChI is InChI=1S/C19H24ClN5O2/c1-12-9-17(23-19(21)22-12)25-7-4-8-27-11-16(25)14-10-13(5-6-15(14)20)18(26)24(2)3/h5-6,9-10,16H,4,7-8,11H2,1-3H3,(H2,21,22,23)/t16-/m0/s1. The zero-order valence-corrected chi connectivity index (χ0v) is 16.5. The molecule has 1 saturated heterocycles. The summed E-state index contributed by atoms with van der Waals surface area (Å²) in [5.74, 6) is 0.892. The molecule has 2 N–H and O–H groups in total. The van der Waals surface area contributed by atoms with Gasteiger partial charge in [-0.3, -0.25) is 4.79 Å². The summed E-state index contributed by atoms with van der Waals surface area (Å²) >= 11 is 6.52. The van der Waals surface area contributed by atoms with Gasteiger partial charge in [-0.2, -0.15) is 4.98 Å². The van der Waals surface area contributed by atoms with Crippen molar-refractivity contribution in [1.82, 2.24) is 14.9 Å². The third kappa shape index (κ3) is 4.31. The van der Waals surface area contributed by atoms with Crippen molar-refractivity contribution in [2.45, 2.75) is 19.4 Å². The molecule has 2 heterocycles. The number of rotatable bonds is 3. The molecule has 0 spiro atoms. The largest absolute Gasteiger partial charge is 0.379 e. The number of aryl methyl sites for hydroxylation is 1. The number of halogens is 1. The highest BCUT2D eigenvalue weighted by atomic mass is 35.5. The third-order valence-electron chi connectivity index (χ3n) is 4.50. The molecule has 7 nitrogen and oxygen atoms in total. The summed E-state index contributed by atoms with van der Waals surface area (Å²) in [5, 5.41) is 0.588. The van der Waals surface area contributed by atoms with Crippen LogP contribution in [0.25, 0.3) is 0 Å². The summed E-state index contributed by atoms with van der Waals surface area (Å²) in [7, 11) is 3.45. The molecule has 1 fully saturated rings. The Morgan fingerprint density at radius 1 is 1.33 bits per heavy atom. The molecule has 1 aliphatic heterocycles. The Hall–Kier alpha value is -2.38. The van der Waals surface area contributed by atoms with E-state index in [1.165, 1.54) is 0 Å². The van der Waals surface area contributed by atoms with E-state index >= 15 is 0 Å². The molecule has 1 aromatic heterocycles. The predicted octanol–water partition coefficient (Wildman–Crippen LogP) is 2.69. The lowest BCUT2D eigenvalue weighted by atomic mass is 10.0. The Labute approximate surface area is 164 Å². The van der Waals surface area contributed by atoms with Crippen molar-refractivity contribution < 1.29 is 9.53 Å². The van der Waals surface area contributed by atoms with Gasteiger partial charge in [-0.05, 0) is 37.1 Å². The van der Waals surface area contributed by atoms with E-state index in [4.69, 9.17) is 22.1 Å². The van der Waals surface area contributed by atoms with Gasteiger partial charge in [0, 0.05) is 49.6 Å². The van der Waals surface area contributed by atoms with Crippen LogP contribution in [-0.2, 0) is 4.74 Å². The number of hydrogen-bond donors (Lipinski definition) is 1. The minimum atomic E-state index is -0.177. The zero-order valence-electron chi connectivity index (χ0n) is 15.8. The van der Waals surface area contributed by atoms with Gasteiger partial charge in [-0.1, -0.05) is 11.6 Å². The highest BCUT2D eigenvalue weighted by Crippen LogP contribution is 2.33. The fourth-order valence-electron chi connectivity index (χ4n) is 3.22. The van der Waals surface area contributed by atoms with Gasteiger partial charge in [0.05, 0.1) is 12.6 Å². The van der Waals surface area contributed by atoms with Gasteiger partial charge < -0.3 is 20.3 Å². The number of anilines is 2. The number of nitrogens with two attached hydrogens (primary N) is 1. The molecule has 3 rings (SSSR count). The fraction of sp³-hybridized carbons (Fsp3) is 0.421. The molecule has 1 amide bonds. The Kier molecular flexibility index (Phi) is 5.82. The lowest BCUT2D eigenvalue weighted by Gasteiger charge is -2.31. The highest BCUT2D eigenvalue weighted by Gasteiger charge is 2.27. The number of carbonyl (C=O) groups is 1. The number of nitrogen functional groups attached to an aromatic ring is 1. The van der Waals surface area contributed by atoms with Crippen LogP contribution in [0.4, 0.5) is 11.8 Å². The Balaban J connectivity index is 2.05. The first-order valence-electron chi connectivity index (χ1n) is 8.83. The summed E-state index contributed by atoms with van der Waals surface area (Å²) in [6.45, 7) is 3.72. The SMILES string of the molecule is Cc1cc(N2CCCOC[C@H]2c2cc(C(=O)N(C)C)ccc2Cl)nc(N)n1. The fourth-order valence-corrected chi connectivity index (χ4v) is 3.47. The van der Waals surface area contributed by atoms with Gasteiger partial charge in [0.2, 0.25) is 5.95 Å². The van der Waals surface area contributed by atoms with Crippen LogP contribution in [0.5, 0.6) is 0 Å². The van der Waals surface area contributed by atoms with Crippen LogP contribution >= 0.6 is 11.6 Å². The van der Waals surface area contributed by atoms with Gasteiger partial charge in [-0.15, -0.1) is 0 Å². The van der Waals surface area contributed by atoms with Crippen LogP contribution in [0.3, 0.4) is 0 Å². The first kappa shape index (κ1) is 19.4. The second-order valence-electron chi connectivity index (χ2n) is 6.80. The molecule has 1 atom stereocenters. The van der Waals surface area contributed by atoms with Crippen molar-refractivity contribution >= 4 is 29.3 Å². The van der Waals surface area contributed by atoms with Crippen molar-refractivity contribution in [3.63, 3.8) is 0 Å². The van der Waals surface area contributed by atoms with Gasteiger partial charge in [0.25, 0.3) is 5.91 Å². The lowest BCUT2D eigenvalue weighted by molar-refractivity contribution is 0.0827. The van der Waals surface area contributed by atoms with E-state index < -0.39 is 0 Å². The van der Waals surface area contributed by atoms with Crippen molar-refractivity contribution in [2.75, 3.05) is 44.5 Å². The summed E-state index contributed by atoms with van der Waals surface area (Å²) in [5.41, 5.74) is 8.07. The van der Waals surface area contributed by atoms with E-state index in [0.717, 1.165) is 30.0 Å². The summed E-state index contributed by atoms with van der Waals surface area (Å²) < 4.78 is 5.81. The Bertz CT molecular complexity index is 823. The maximum absolute atomic E-state index is 12.4. The second-order valence-corrected chi connectivity index (χ2v) is 7.21. The minimum absolute atomic E-state index is 0.0730. The molecule has 0 radical (unpaired) electrons. The van der Waals surface area contributed by atoms with E-state index in [9.17, 15) is 4.79 Å². The number of carbonyl (C=O) groups excluding carboxylic acids is 1. The van der Waals surface area contributed by atoms with Crippen LogP contribution in [0.1, 0.15) is 34.1 Å². The first-order valence-corrected chi connectivity index (χ1v) is 9.21. The third-order valence-corrected chi connectivity index (χ3v) is 4.84. The molecule has 144 valence electrons. The van der Waals surface area contributed by atoms with E-state index in [2.05, 4.69) is 14.9 Å². The maximum atomic E-state index is 12.4. The van der Waals surface area contributed by atoms with Gasteiger partial charge in [0.1, 0.15) is 5.82 Å². The number of ether oxygens (including phenoxy) is 1. The average molecular weight is 390 g/mol. The lowest BCUT2D eigenvalue weighted by Crippen LogP contribution is -2.32. The average Bonchev–Trinajstić information content (AvgIpc) is 2.86. The molecule has 1 aliphatic rings. The number of aromatic nitrogens is 2. The number of hydrogen-bond acceptors (Lipinski definition) is 6. The van der Waals surface area contributed by atoms with E-state index in [-0.39, 0.29) is 17.9 Å². The van der Waals surface area contributed by atoms with E-state index in [1.807, 2.05) is 19.1 Å². The smallest absolute Gasteiger partial charge is 0.253 e. The van der Waals surface area contributed by atoms with Crippen molar-refractivity contribution in [2.24, 2.45) is 0 Å². The van der Waals surface area contributed by atoms with Crippen LogP contribution in [0.15, 0.2) is 24.3 Å². The molecule has 0 saturated carbocycles. The highest BCUT2D eigenvalue weighted by molar-refractivity contribution is 6.31. The van der Waals surface area contributed by atoms with Crippen LogP contribution in [0, 0.1) is 6.92 Å². The number of amides is 1. The van der Waals surface area contributed by atoms with E-state index in [0.29, 0.717) is 23.8 Å². The molecular weight excluding hydrogens is 366 g/mol. The van der Waals surface area contributed by atoms with Gasteiger partial charge >= 0.3 is 0 Å². The van der Waals surface area contributed by atoms with Gasteiger partial charge in [-0.25, -0.2) is 4.98 Å². The summed E-state index contributed by atoms with van der Waals surface area (Å²) in [6.07, 6.45) is 0.855. The van der Waals surface area contributed by atoms with Crippen molar-refractivity contribution in [1.29, 1.82) is 0 Å². The summed E-state index contributed by atoms with van der Waals surface area (Å²) in [6, 6.07) is 7.06. The molecule has 0 aliphatic carbocycles. The molecule has 0 unspecified atom stereocenters. The topological polar surface area (TPSA) is 84.6 Å². The second kappa shape index (κ2) is 8.10. The number of benzene rings is 1. The molecule has 2 aromatic rings. The summed E-state index contributed by atoms with van der Waals surface area (Å²) in [4.78, 5) is 24.6. The van der Waals surface area contributed by atoms with Gasteiger partial charge in [0.15, 0.2) is 0 Å². The molecule has 0 bridgehead atoms. The predicted molar refractivity (Wildman–Crippen MR) is 106 cm³/mol. The van der Waals surface area contributed by atoms with Crippen LogP contribution in [-0.4, -0.2) is 54.6 Å². The van der Waals surface area contributed by atoms with Crippen LogP contribution < -0.4 is 10.6 Å². The first-order chi connectivity index (χ1) is 12.9. The number of nitrogens with zero attached hydrogens (tertiary/aromatic N) is 4. The normalized spacial score (nSPS) is 17.5. The van der Waals surface area contributed by atoms with Crippen molar-refractivity contribution in [3.8, 4) is 0 Å². The minimum Gasteiger partial charge on any atom is -0.379 e. The van der Waals surface area contributed by atoms with Crippen LogP contribution in [0.2, 0.25) is 5.02 Å². The monoisotopic (exact) mass is 389 g/mol. The Morgan fingerprint density at radius 2 is 2.11 bits per heavy atom. The maximum Gasteiger partial charge on any atom is 0.253 e. The zero-order chi connectivity index (χ0) is 19.6. The molecule has 8 heteroatoms. The molecule has 1 aromatic carbocycles. The van der Waals surface area contributed by atoms with E-state index in [1.54, 1.807) is 31.1 Å².